The fraction of sp³-hybridized carbons (Fsp3) is 0.533. The molecule has 2 N–H and O–H groups in total. The lowest BCUT2D eigenvalue weighted by Crippen LogP contribution is -2.33. The summed E-state index contributed by atoms with van der Waals surface area (Å²) in [6.07, 6.45) is 0.870. The average molecular weight is 263 g/mol. The van der Waals surface area contributed by atoms with Gasteiger partial charge in [0.25, 0.3) is 5.91 Å². The van der Waals surface area contributed by atoms with E-state index in [-0.39, 0.29) is 5.91 Å². The molecular formula is C15H25N3O. The van der Waals surface area contributed by atoms with E-state index >= 15 is 0 Å². The van der Waals surface area contributed by atoms with Crippen molar-refractivity contribution in [2.24, 2.45) is 0 Å². The minimum absolute atomic E-state index is 0.0243. The summed E-state index contributed by atoms with van der Waals surface area (Å²) in [5.74, 6) is 0.0243. The van der Waals surface area contributed by atoms with Gasteiger partial charge in [-0.1, -0.05) is 25.1 Å². The molecule has 1 rings (SSSR count). The summed E-state index contributed by atoms with van der Waals surface area (Å²) in [5.41, 5.74) is 1.88. The summed E-state index contributed by atoms with van der Waals surface area (Å²) >= 11 is 0. The number of hydrogen-bond donors (Lipinski definition) is 2. The van der Waals surface area contributed by atoms with Crippen LogP contribution in [0.25, 0.3) is 0 Å². The minimum atomic E-state index is 0.0243. The molecule has 0 radical (unpaired) electrons. The molecule has 0 aromatic heterocycles. The Kier molecular flexibility index (Phi) is 7.15. The lowest BCUT2D eigenvalue weighted by molar-refractivity contribution is 0.0949. The van der Waals surface area contributed by atoms with E-state index in [4.69, 9.17) is 0 Å². The Balaban J connectivity index is 2.55. The second-order valence-corrected chi connectivity index (χ2v) is 4.66. The number of likely N-dealkylation sites (N-methyl/N-ethyl adjacent to an activating group) is 2. The fourth-order valence-electron chi connectivity index (χ4n) is 1.83. The van der Waals surface area contributed by atoms with Crippen molar-refractivity contribution >= 4 is 5.91 Å². The van der Waals surface area contributed by atoms with E-state index in [1.165, 1.54) is 0 Å². The van der Waals surface area contributed by atoms with Crippen molar-refractivity contribution in [1.82, 2.24) is 15.5 Å². The largest absolute Gasteiger partial charge is 0.351 e. The molecule has 4 nitrogen and oxygen atoms in total. The van der Waals surface area contributed by atoms with Gasteiger partial charge in [0.05, 0.1) is 0 Å². The Morgan fingerprint density at radius 3 is 2.68 bits per heavy atom. The van der Waals surface area contributed by atoms with Gasteiger partial charge in [-0.25, -0.2) is 0 Å². The van der Waals surface area contributed by atoms with Crippen LogP contribution in [0.1, 0.15) is 22.8 Å². The van der Waals surface area contributed by atoms with E-state index in [0.717, 1.165) is 37.2 Å². The van der Waals surface area contributed by atoms with Crippen molar-refractivity contribution in [3.05, 3.63) is 35.4 Å². The highest BCUT2D eigenvalue weighted by Gasteiger charge is 2.09. The van der Waals surface area contributed by atoms with E-state index in [9.17, 15) is 4.79 Å². The van der Waals surface area contributed by atoms with Crippen molar-refractivity contribution in [2.45, 2.75) is 13.3 Å². The van der Waals surface area contributed by atoms with Crippen molar-refractivity contribution in [1.29, 1.82) is 0 Å². The SMILES string of the molecule is CCN(C)CCNC(=O)c1ccccc1CCNC. The molecule has 4 heteroatoms. The lowest BCUT2D eigenvalue weighted by Gasteiger charge is -2.15. The summed E-state index contributed by atoms with van der Waals surface area (Å²) in [6, 6.07) is 7.80. The van der Waals surface area contributed by atoms with Crippen molar-refractivity contribution in [3.63, 3.8) is 0 Å². The number of nitrogens with zero attached hydrogens (tertiary/aromatic N) is 1. The molecule has 0 bridgehead atoms. The summed E-state index contributed by atoms with van der Waals surface area (Å²) in [6.45, 7) is 5.54. The Morgan fingerprint density at radius 1 is 1.26 bits per heavy atom. The normalized spacial score (nSPS) is 10.7. The van der Waals surface area contributed by atoms with Gasteiger partial charge in [0.2, 0.25) is 0 Å². The predicted molar refractivity (Wildman–Crippen MR) is 79.6 cm³/mol. The van der Waals surface area contributed by atoms with Crippen LogP contribution in [0, 0.1) is 0 Å². The summed E-state index contributed by atoms with van der Waals surface area (Å²) in [7, 11) is 3.97. The number of carbonyl (C=O) groups is 1. The van der Waals surface area contributed by atoms with Crippen LogP contribution in [-0.4, -0.2) is 51.1 Å². The van der Waals surface area contributed by atoms with Gasteiger partial charge in [0, 0.05) is 18.7 Å². The smallest absolute Gasteiger partial charge is 0.251 e. The molecule has 0 aliphatic rings. The second-order valence-electron chi connectivity index (χ2n) is 4.66. The van der Waals surface area contributed by atoms with Gasteiger partial charge in [-0.3, -0.25) is 4.79 Å². The third-order valence-corrected chi connectivity index (χ3v) is 3.23. The minimum Gasteiger partial charge on any atom is -0.351 e. The van der Waals surface area contributed by atoms with Gasteiger partial charge in [-0.15, -0.1) is 0 Å². The maximum Gasteiger partial charge on any atom is 0.251 e. The van der Waals surface area contributed by atoms with Gasteiger partial charge in [0.1, 0.15) is 0 Å². The summed E-state index contributed by atoms with van der Waals surface area (Å²) < 4.78 is 0. The zero-order chi connectivity index (χ0) is 14.1. The molecule has 0 saturated carbocycles. The topological polar surface area (TPSA) is 44.4 Å². The molecule has 0 atom stereocenters. The van der Waals surface area contributed by atoms with E-state index in [0.29, 0.717) is 6.54 Å². The number of carbonyl (C=O) groups excluding carboxylic acids is 1. The quantitative estimate of drug-likeness (QED) is 0.739. The lowest BCUT2D eigenvalue weighted by atomic mass is 10.0. The molecule has 0 fully saturated rings. The number of benzene rings is 1. The Morgan fingerprint density at radius 2 is 2.00 bits per heavy atom. The van der Waals surface area contributed by atoms with Crippen LogP contribution in [0.4, 0.5) is 0 Å². The molecule has 106 valence electrons. The Labute approximate surface area is 116 Å². The average Bonchev–Trinajstić information content (AvgIpc) is 2.45. The van der Waals surface area contributed by atoms with Crippen molar-refractivity contribution < 1.29 is 4.79 Å². The van der Waals surface area contributed by atoms with Gasteiger partial charge in [0.15, 0.2) is 0 Å². The number of nitrogens with one attached hydrogen (secondary N) is 2. The molecule has 1 amide bonds. The zero-order valence-electron chi connectivity index (χ0n) is 12.2. The van der Waals surface area contributed by atoms with Crippen LogP contribution in [0.2, 0.25) is 0 Å². The molecule has 0 unspecified atom stereocenters. The number of amides is 1. The maximum absolute atomic E-state index is 12.1. The summed E-state index contributed by atoms with van der Waals surface area (Å²) in [5, 5.41) is 6.09. The Bertz CT molecular complexity index is 393. The monoisotopic (exact) mass is 263 g/mol. The number of hydrogen-bond acceptors (Lipinski definition) is 3. The van der Waals surface area contributed by atoms with Crippen LogP contribution in [-0.2, 0) is 6.42 Å². The van der Waals surface area contributed by atoms with E-state index < -0.39 is 0 Å². The molecule has 0 heterocycles. The van der Waals surface area contributed by atoms with Crippen molar-refractivity contribution in [3.8, 4) is 0 Å². The molecule has 0 aliphatic carbocycles. The Hall–Kier alpha value is -1.39. The third kappa shape index (κ3) is 5.41. The predicted octanol–water partition coefficient (Wildman–Crippen LogP) is 1.13. The summed E-state index contributed by atoms with van der Waals surface area (Å²) in [4.78, 5) is 14.3. The van der Waals surface area contributed by atoms with E-state index in [2.05, 4.69) is 22.5 Å². The first-order chi connectivity index (χ1) is 9.19. The fourth-order valence-corrected chi connectivity index (χ4v) is 1.83. The standard InChI is InChI=1S/C15H25N3O/c1-4-18(3)12-11-17-15(19)14-8-6-5-7-13(14)9-10-16-2/h5-8,16H,4,9-12H2,1-3H3,(H,17,19). The highest BCUT2D eigenvalue weighted by atomic mass is 16.1. The maximum atomic E-state index is 12.1. The highest BCUT2D eigenvalue weighted by Crippen LogP contribution is 2.09. The molecule has 0 saturated heterocycles. The zero-order valence-corrected chi connectivity index (χ0v) is 12.2. The molecule has 1 aromatic rings. The van der Waals surface area contributed by atoms with Crippen LogP contribution in [0.3, 0.4) is 0 Å². The molecule has 0 aliphatic heterocycles. The van der Waals surface area contributed by atoms with Crippen LogP contribution < -0.4 is 10.6 Å². The van der Waals surface area contributed by atoms with Gasteiger partial charge < -0.3 is 15.5 Å². The molecular weight excluding hydrogens is 238 g/mol. The van der Waals surface area contributed by atoms with Crippen LogP contribution in [0.5, 0.6) is 0 Å². The van der Waals surface area contributed by atoms with Gasteiger partial charge >= 0.3 is 0 Å². The van der Waals surface area contributed by atoms with Crippen LogP contribution in [0.15, 0.2) is 24.3 Å². The number of rotatable bonds is 8. The molecule has 0 spiro atoms. The first-order valence-electron chi connectivity index (χ1n) is 6.88. The van der Waals surface area contributed by atoms with Gasteiger partial charge in [-0.05, 0) is 45.2 Å². The van der Waals surface area contributed by atoms with Crippen molar-refractivity contribution in [2.75, 3.05) is 40.3 Å². The van der Waals surface area contributed by atoms with E-state index in [1.807, 2.05) is 38.4 Å². The molecule has 1 aromatic carbocycles. The second kappa shape index (κ2) is 8.67. The first kappa shape index (κ1) is 15.7. The third-order valence-electron chi connectivity index (χ3n) is 3.23. The first-order valence-corrected chi connectivity index (χ1v) is 6.88. The van der Waals surface area contributed by atoms with Gasteiger partial charge in [-0.2, -0.15) is 0 Å². The molecule has 19 heavy (non-hydrogen) atoms. The van der Waals surface area contributed by atoms with E-state index in [1.54, 1.807) is 0 Å². The van der Waals surface area contributed by atoms with Crippen LogP contribution >= 0.6 is 0 Å². The highest BCUT2D eigenvalue weighted by molar-refractivity contribution is 5.95.